The second kappa shape index (κ2) is 9.25. The summed E-state index contributed by atoms with van der Waals surface area (Å²) in [5.74, 6) is 0.273. The summed E-state index contributed by atoms with van der Waals surface area (Å²) in [6.07, 6.45) is 5.38. The molecule has 1 aromatic carbocycles. The largest absolute Gasteiger partial charge is 0.450 e. The molecule has 0 radical (unpaired) electrons. The Kier molecular flexibility index (Phi) is 6.63. The fourth-order valence-corrected chi connectivity index (χ4v) is 5.71. The number of ether oxygens (including phenoxy) is 1. The van der Waals surface area contributed by atoms with E-state index in [4.69, 9.17) is 16.3 Å². The lowest BCUT2D eigenvalue weighted by Gasteiger charge is -2.41. The Balaban J connectivity index is 1.45. The summed E-state index contributed by atoms with van der Waals surface area (Å²) in [6, 6.07) is 5.71. The molecule has 2 N–H and O–H groups in total. The number of anilines is 2. The maximum Gasteiger partial charge on any atom is 0.411 e. The van der Waals surface area contributed by atoms with Crippen LogP contribution < -0.4 is 10.2 Å². The van der Waals surface area contributed by atoms with Gasteiger partial charge in [0.1, 0.15) is 0 Å². The average Bonchev–Trinajstić information content (AvgIpc) is 3.04. The Morgan fingerprint density at radius 3 is 2.74 bits per heavy atom. The molecule has 0 bridgehead atoms. The molecule has 2 amide bonds. The van der Waals surface area contributed by atoms with E-state index in [0.29, 0.717) is 23.9 Å². The van der Waals surface area contributed by atoms with Gasteiger partial charge in [0.05, 0.1) is 28.8 Å². The number of rotatable bonds is 4. The lowest BCUT2D eigenvalue weighted by Crippen LogP contribution is -2.50. The van der Waals surface area contributed by atoms with E-state index >= 15 is 0 Å². The predicted molar refractivity (Wildman–Crippen MR) is 121 cm³/mol. The molecule has 1 aromatic rings. The van der Waals surface area contributed by atoms with Crippen LogP contribution in [0.1, 0.15) is 51.9 Å². The first kappa shape index (κ1) is 22.2. The number of nitrogens with one attached hydrogen (secondary N) is 1. The molecular weight excluding hydrogens is 418 g/mol. The lowest BCUT2D eigenvalue weighted by atomic mass is 9.78. The first-order valence-electron chi connectivity index (χ1n) is 11.4. The highest BCUT2D eigenvalue weighted by atomic mass is 35.5. The summed E-state index contributed by atoms with van der Waals surface area (Å²) in [5, 5.41) is 13.0. The molecule has 2 heterocycles. The van der Waals surface area contributed by atoms with Crippen molar-refractivity contribution in [2.24, 2.45) is 5.41 Å². The molecule has 1 saturated carbocycles. The van der Waals surface area contributed by atoms with E-state index in [1.165, 1.54) is 0 Å². The number of amides is 2. The van der Waals surface area contributed by atoms with Crippen LogP contribution in [0.15, 0.2) is 18.2 Å². The molecule has 1 aliphatic carbocycles. The molecular formula is C23H32ClN3O4. The monoisotopic (exact) mass is 449 g/mol. The Morgan fingerprint density at radius 1 is 1.26 bits per heavy atom. The second-order valence-electron chi connectivity index (χ2n) is 9.03. The number of halogens is 1. The molecule has 31 heavy (non-hydrogen) atoms. The van der Waals surface area contributed by atoms with Crippen LogP contribution in [0.4, 0.5) is 16.2 Å². The quantitative estimate of drug-likeness (QED) is 0.725. The van der Waals surface area contributed by atoms with Gasteiger partial charge in [-0.25, -0.2) is 4.79 Å². The van der Waals surface area contributed by atoms with Crippen molar-refractivity contribution in [1.82, 2.24) is 4.90 Å². The second-order valence-corrected chi connectivity index (χ2v) is 9.44. The van der Waals surface area contributed by atoms with E-state index < -0.39 is 6.09 Å². The molecule has 7 nitrogen and oxygen atoms in total. The van der Waals surface area contributed by atoms with Gasteiger partial charge in [-0.3, -0.25) is 10.1 Å². The number of aliphatic hydroxyl groups is 1. The van der Waals surface area contributed by atoms with Crippen molar-refractivity contribution in [2.45, 2.75) is 64.0 Å². The number of carbonyl (C=O) groups excluding carboxylic acids is 2. The van der Waals surface area contributed by atoms with Crippen LogP contribution in [0.2, 0.25) is 5.02 Å². The van der Waals surface area contributed by atoms with Crippen LogP contribution in [0, 0.1) is 5.41 Å². The topological polar surface area (TPSA) is 82.1 Å². The summed E-state index contributed by atoms with van der Waals surface area (Å²) in [6.45, 7) is 4.39. The summed E-state index contributed by atoms with van der Waals surface area (Å²) < 4.78 is 4.91. The number of aliphatic hydroxyl groups excluding tert-OH is 1. The van der Waals surface area contributed by atoms with Crippen LogP contribution in [0.5, 0.6) is 0 Å². The molecule has 1 spiro atoms. The van der Waals surface area contributed by atoms with Crippen molar-refractivity contribution in [3.05, 3.63) is 23.2 Å². The van der Waals surface area contributed by atoms with Gasteiger partial charge in [-0.2, -0.15) is 0 Å². The molecule has 1 atom stereocenters. The van der Waals surface area contributed by atoms with Crippen molar-refractivity contribution in [3.63, 3.8) is 0 Å². The number of likely N-dealkylation sites (tertiary alicyclic amines) is 1. The van der Waals surface area contributed by atoms with Crippen molar-refractivity contribution >= 4 is 35.0 Å². The van der Waals surface area contributed by atoms with Crippen molar-refractivity contribution in [1.29, 1.82) is 0 Å². The lowest BCUT2D eigenvalue weighted by molar-refractivity contribution is -0.139. The van der Waals surface area contributed by atoms with Gasteiger partial charge in [-0.15, -0.1) is 0 Å². The van der Waals surface area contributed by atoms with E-state index in [1.54, 1.807) is 13.0 Å². The third kappa shape index (κ3) is 4.62. The number of benzene rings is 1. The van der Waals surface area contributed by atoms with Gasteiger partial charge < -0.3 is 19.6 Å². The standard InChI is InChI=1S/C23H32ClN3O4/c1-2-31-22(30)25-16-4-9-20(19(24)14-16)26-12-3-10-23(15-26)11-13-27(21(23)29)17-5-7-18(28)8-6-17/h4,9,14,17-18,28H,2-3,5-8,10-13,15H2,1H3,(H,25,30)/t17?,18?,23-/m1/s1. The van der Waals surface area contributed by atoms with Gasteiger partial charge in [0.15, 0.2) is 0 Å². The number of nitrogens with zero attached hydrogens (tertiary/aromatic N) is 2. The number of piperidine rings is 1. The molecule has 170 valence electrons. The first-order chi connectivity index (χ1) is 14.9. The van der Waals surface area contributed by atoms with Gasteiger partial charge >= 0.3 is 6.09 Å². The highest BCUT2D eigenvalue weighted by molar-refractivity contribution is 6.33. The highest BCUT2D eigenvalue weighted by Gasteiger charge is 2.50. The van der Waals surface area contributed by atoms with Crippen LogP contribution in [-0.4, -0.2) is 60.4 Å². The molecule has 2 saturated heterocycles. The van der Waals surface area contributed by atoms with Crippen LogP contribution in [0.25, 0.3) is 0 Å². The smallest absolute Gasteiger partial charge is 0.411 e. The van der Waals surface area contributed by atoms with Gasteiger partial charge in [-0.05, 0) is 70.1 Å². The Hall–Kier alpha value is -1.99. The van der Waals surface area contributed by atoms with E-state index in [0.717, 1.165) is 63.7 Å². The summed E-state index contributed by atoms with van der Waals surface area (Å²) in [7, 11) is 0. The van der Waals surface area contributed by atoms with Crippen LogP contribution in [0.3, 0.4) is 0 Å². The first-order valence-corrected chi connectivity index (χ1v) is 11.8. The van der Waals surface area contributed by atoms with Gasteiger partial charge in [0, 0.05) is 31.4 Å². The highest BCUT2D eigenvalue weighted by Crippen LogP contribution is 2.44. The predicted octanol–water partition coefficient (Wildman–Crippen LogP) is 4.03. The molecule has 4 rings (SSSR count). The zero-order valence-corrected chi connectivity index (χ0v) is 18.9. The number of carbonyl (C=O) groups is 2. The van der Waals surface area contributed by atoms with Crippen LogP contribution >= 0.6 is 11.6 Å². The van der Waals surface area contributed by atoms with Crippen LogP contribution in [-0.2, 0) is 9.53 Å². The van der Waals surface area contributed by atoms with E-state index in [1.807, 2.05) is 12.1 Å². The number of hydrogen-bond donors (Lipinski definition) is 2. The van der Waals surface area contributed by atoms with Crippen molar-refractivity contribution < 1.29 is 19.4 Å². The van der Waals surface area contributed by atoms with E-state index in [2.05, 4.69) is 15.1 Å². The number of hydrogen-bond acceptors (Lipinski definition) is 5. The summed E-state index contributed by atoms with van der Waals surface area (Å²) >= 11 is 6.57. The van der Waals surface area contributed by atoms with Gasteiger partial charge in [0.25, 0.3) is 0 Å². The Morgan fingerprint density at radius 2 is 2.03 bits per heavy atom. The minimum Gasteiger partial charge on any atom is -0.450 e. The maximum absolute atomic E-state index is 13.5. The SMILES string of the molecule is CCOC(=O)Nc1ccc(N2CCC[C@@]3(CCN(C4CCC(O)CC4)C3=O)C2)c(Cl)c1. The average molecular weight is 450 g/mol. The minimum atomic E-state index is -0.505. The molecule has 3 fully saturated rings. The third-order valence-corrected chi connectivity index (χ3v) is 7.34. The normalized spacial score (nSPS) is 28.8. The molecule has 3 aliphatic rings. The Bertz CT molecular complexity index is 827. The molecule has 0 unspecified atom stereocenters. The zero-order chi connectivity index (χ0) is 22.0. The molecule has 2 aliphatic heterocycles. The van der Waals surface area contributed by atoms with Gasteiger partial charge in [0.2, 0.25) is 5.91 Å². The van der Waals surface area contributed by atoms with Crippen molar-refractivity contribution in [2.75, 3.05) is 36.5 Å². The van der Waals surface area contributed by atoms with E-state index in [9.17, 15) is 14.7 Å². The Labute approximate surface area is 188 Å². The summed E-state index contributed by atoms with van der Waals surface area (Å²) in [4.78, 5) is 29.5. The zero-order valence-electron chi connectivity index (χ0n) is 18.1. The van der Waals surface area contributed by atoms with E-state index in [-0.39, 0.29) is 23.5 Å². The third-order valence-electron chi connectivity index (χ3n) is 7.04. The maximum atomic E-state index is 13.5. The molecule has 8 heteroatoms. The fraction of sp³-hybridized carbons (Fsp3) is 0.652. The minimum absolute atomic E-state index is 0.212. The van der Waals surface area contributed by atoms with Crippen molar-refractivity contribution in [3.8, 4) is 0 Å². The summed E-state index contributed by atoms with van der Waals surface area (Å²) in [5.41, 5.74) is 1.13. The van der Waals surface area contributed by atoms with Gasteiger partial charge in [-0.1, -0.05) is 11.6 Å². The molecule has 0 aromatic heterocycles. The fourth-order valence-electron chi connectivity index (χ4n) is 5.41.